The van der Waals surface area contributed by atoms with E-state index in [0.29, 0.717) is 18.5 Å². The standard InChI is InChI=1S/C18H22N4O4/c1-12-4-6-13(7-5-12)19-14(23)10-21(2)15(24)11-22-16(25)18(8-3-9-18)20-17(22)26/h4-7H,3,8-11H2,1-2H3,(H,19,23)(H,20,26). The lowest BCUT2D eigenvalue weighted by atomic mass is 9.77. The molecular formula is C18H22N4O4. The number of aryl methyl sites for hydroxylation is 1. The van der Waals surface area contributed by atoms with E-state index in [1.165, 1.54) is 11.9 Å². The summed E-state index contributed by atoms with van der Waals surface area (Å²) in [7, 11) is 1.47. The van der Waals surface area contributed by atoms with Gasteiger partial charge < -0.3 is 15.5 Å². The quantitative estimate of drug-likeness (QED) is 0.763. The van der Waals surface area contributed by atoms with Gasteiger partial charge in [-0.2, -0.15) is 0 Å². The first kappa shape index (κ1) is 17.9. The van der Waals surface area contributed by atoms with E-state index in [2.05, 4.69) is 10.6 Å². The Bertz CT molecular complexity index is 755. The van der Waals surface area contributed by atoms with Gasteiger partial charge >= 0.3 is 6.03 Å². The fourth-order valence-corrected chi connectivity index (χ4v) is 3.09. The second kappa shape index (κ2) is 6.78. The van der Waals surface area contributed by atoms with Crippen molar-refractivity contribution in [3.63, 3.8) is 0 Å². The zero-order valence-corrected chi connectivity index (χ0v) is 14.9. The minimum atomic E-state index is -0.807. The van der Waals surface area contributed by atoms with Crippen LogP contribution >= 0.6 is 0 Å². The van der Waals surface area contributed by atoms with Gasteiger partial charge in [-0.15, -0.1) is 0 Å². The Balaban J connectivity index is 1.53. The summed E-state index contributed by atoms with van der Waals surface area (Å²) in [6.07, 6.45) is 2.10. The van der Waals surface area contributed by atoms with Crippen molar-refractivity contribution in [2.75, 3.05) is 25.5 Å². The molecule has 1 saturated carbocycles. The van der Waals surface area contributed by atoms with Gasteiger partial charge in [-0.1, -0.05) is 17.7 Å². The average Bonchev–Trinajstić information content (AvgIpc) is 2.81. The topological polar surface area (TPSA) is 98.8 Å². The van der Waals surface area contributed by atoms with Gasteiger partial charge in [0, 0.05) is 12.7 Å². The number of amides is 5. The zero-order chi connectivity index (χ0) is 18.9. The Kier molecular flexibility index (Phi) is 4.67. The first-order chi connectivity index (χ1) is 12.3. The number of hydrogen-bond acceptors (Lipinski definition) is 4. The Morgan fingerprint density at radius 1 is 1.23 bits per heavy atom. The molecule has 2 aliphatic rings. The molecule has 5 amide bonds. The number of likely N-dealkylation sites (N-methyl/N-ethyl adjacent to an activating group) is 1. The number of rotatable bonds is 5. The molecule has 0 radical (unpaired) electrons. The van der Waals surface area contributed by atoms with Gasteiger partial charge in [-0.3, -0.25) is 19.3 Å². The molecule has 26 heavy (non-hydrogen) atoms. The summed E-state index contributed by atoms with van der Waals surface area (Å²) >= 11 is 0. The number of benzene rings is 1. The van der Waals surface area contributed by atoms with E-state index in [1.807, 2.05) is 19.1 Å². The predicted molar refractivity (Wildman–Crippen MR) is 94.3 cm³/mol. The fourth-order valence-electron chi connectivity index (χ4n) is 3.09. The average molecular weight is 358 g/mol. The number of nitrogens with one attached hydrogen (secondary N) is 2. The molecule has 1 aliphatic heterocycles. The number of urea groups is 1. The van der Waals surface area contributed by atoms with E-state index in [0.717, 1.165) is 16.9 Å². The van der Waals surface area contributed by atoms with E-state index in [-0.39, 0.29) is 24.9 Å². The SMILES string of the molecule is Cc1ccc(NC(=O)CN(C)C(=O)CN2C(=O)NC3(CCC3)C2=O)cc1. The second-order valence-electron chi connectivity index (χ2n) is 6.92. The van der Waals surface area contributed by atoms with Crippen molar-refractivity contribution < 1.29 is 19.2 Å². The van der Waals surface area contributed by atoms with Gasteiger partial charge in [-0.05, 0) is 38.3 Å². The first-order valence-corrected chi connectivity index (χ1v) is 8.55. The van der Waals surface area contributed by atoms with Crippen LogP contribution in [0.25, 0.3) is 0 Å². The van der Waals surface area contributed by atoms with Crippen molar-refractivity contribution in [2.24, 2.45) is 0 Å². The molecule has 0 atom stereocenters. The van der Waals surface area contributed by atoms with Gasteiger partial charge in [0.25, 0.3) is 5.91 Å². The lowest BCUT2D eigenvalue weighted by Crippen LogP contribution is -2.53. The summed E-state index contributed by atoms with van der Waals surface area (Å²) in [6.45, 7) is 1.42. The predicted octanol–water partition coefficient (Wildman–Crippen LogP) is 0.866. The molecule has 2 fully saturated rings. The molecular weight excluding hydrogens is 336 g/mol. The molecule has 1 spiro atoms. The summed E-state index contributed by atoms with van der Waals surface area (Å²) in [4.78, 5) is 50.9. The highest BCUT2D eigenvalue weighted by Crippen LogP contribution is 2.37. The van der Waals surface area contributed by atoms with Crippen LogP contribution in [-0.2, 0) is 14.4 Å². The Morgan fingerprint density at radius 3 is 2.42 bits per heavy atom. The van der Waals surface area contributed by atoms with Gasteiger partial charge in [0.1, 0.15) is 12.1 Å². The van der Waals surface area contributed by atoms with Crippen LogP contribution in [0, 0.1) is 6.92 Å². The van der Waals surface area contributed by atoms with Gasteiger partial charge in [0.05, 0.1) is 6.54 Å². The lowest BCUT2D eigenvalue weighted by Gasteiger charge is -2.34. The molecule has 1 aromatic carbocycles. The van der Waals surface area contributed by atoms with Crippen LogP contribution in [0.3, 0.4) is 0 Å². The van der Waals surface area contributed by atoms with Gasteiger partial charge in [-0.25, -0.2) is 4.79 Å². The molecule has 8 nitrogen and oxygen atoms in total. The maximum absolute atomic E-state index is 12.4. The summed E-state index contributed by atoms with van der Waals surface area (Å²) in [6, 6.07) is 6.76. The molecule has 0 unspecified atom stereocenters. The van der Waals surface area contributed by atoms with Crippen molar-refractivity contribution >= 4 is 29.4 Å². The summed E-state index contributed by atoms with van der Waals surface area (Å²) < 4.78 is 0. The third kappa shape index (κ3) is 3.40. The number of nitrogens with zero attached hydrogens (tertiary/aromatic N) is 2. The molecule has 0 bridgehead atoms. The van der Waals surface area contributed by atoms with E-state index >= 15 is 0 Å². The normalized spacial score (nSPS) is 17.7. The van der Waals surface area contributed by atoms with E-state index in [9.17, 15) is 19.2 Å². The largest absolute Gasteiger partial charge is 0.335 e. The summed E-state index contributed by atoms with van der Waals surface area (Å²) in [5.74, 6) is -1.17. The molecule has 2 N–H and O–H groups in total. The van der Waals surface area contributed by atoms with Crippen LogP contribution in [0.1, 0.15) is 24.8 Å². The lowest BCUT2D eigenvalue weighted by molar-refractivity contribution is -0.140. The van der Waals surface area contributed by atoms with Crippen molar-refractivity contribution in [1.82, 2.24) is 15.1 Å². The van der Waals surface area contributed by atoms with Crippen molar-refractivity contribution in [3.05, 3.63) is 29.8 Å². The van der Waals surface area contributed by atoms with Crippen LogP contribution in [0.2, 0.25) is 0 Å². The van der Waals surface area contributed by atoms with Crippen molar-refractivity contribution in [3.8, 4) is 0 Å². The van der Waals surface area contributed by atoms with Crippen LogP contribution in [0.5, 0.6) is 0 Å². The monoisotopic (exact) mass is 358 g/mol. The second-order valence-corrected chi connectivity index (χ2v) is 6.92. The van der Waals surface area contributed by atoms with Gasteiger partial charge in [0.2, 0.25) is 11.8 Å². The highest BCUT2D eigenvalue weighted by atomic mass is 16.2. The molecule has 1 aromatic rings. The zero-order valence-electron chi connectivity index (χ0n) is 14.9. The molecule has 1 heterocycles. The fraction of sp³-hybridized carbons (Fsp3) is 0.444. The number of hydrogen-bond donors (Lipinski definition) is 2. The summed E-state index contributed by atoms with van der Waals surface area (Å²) in [5, 5.41) is 5.38. The van der Waals surface area contributed by atoms with Gasteiger partial charge in [0.15, 0.2) is 0 Å². The molecule has 1 aliphatic carbocycles. The number of imide groups is 1. The Labute approximate surface area is 151 Å². The third-order valence-electron chi connectivity index (χ3n) is 4.89. The van der Waals surface area contributed by atoms with E-state index < -0.39 is 17.5 Å². The molecule has 138 valence electrons. The minimum Gasteiger partial charge on any atom is -0.335 e. The van der Waals surface area contributed by atoms with E-state index in [4.69, 9.17) is 0 Å². The first-order valence-electron chi connectivity index (χ1n) is 8.55. The Morgan fingerprint density at radius 2 is 1.88 bits per heavy atom. The number of anilines is 1. The molecule has 8 heteroatoms. The molecule has 0 aromatic heterocycles. The highest BCUT2D eigenvalue weighted by molar-refractivity contribution is 6.09. The van der Waals surface area contributed by atoms with Crippen molar-refractivity contribution in [1.29, 1.82) is 0 Å². The molecule has 1 saturated heterocycles. The third-order valence-corrected chi connectivity index (χ3v) is 4.89. The smallest absolute Gasteiger partial charge is 0.325 e. The van der Waals surface area contributed by atoms with E-state index in [1.54, 1.807) is 12.1 Å². The van der Waals surface area contributed by atoms with Crippen LogP contribution in [0.15, 0.2) is 24.3 Å². The maximum Gasteiger partial charge on any atom is 0.325 e. The van der Waals surface area contributed by atoms with Crippen molar-refractivity contribution in [2.45, 2.75) is 31.7 Å². The molecule has 3 rings (SSSR count). The van der Waals surface area contributed by atoms with Crippen LogP contribution in [-0.4, -0.2) is 59.2 Å². The van der Waals surface area contributed by atoms with Crippen LogP contribution in [0.4, 0.5) is 10.5 Å². The Hall–Kier alpha value is -2.90. The maximum atomic E-state index is 12.4. The van der Waals surface area contributed by atoms with Crippen LogP contribution < -0.4 is 10.6 Å². The summed E-state index contributed by atoms with van der Waals surface area (Å²) in [5.41, 5.74) is 0.911. The highest BCUT2D eigenvalue weighted by Gasteiger charge is 2.55. The number of carbonyl (C=O) groups excluding carboxylic acids is 4. The minimum absolute atomic E-state index is 0.165. The number of carbonyl (C=O) groups is 4.